The highest BCUT2D eigenvalue weighted by Gasteiger charge is 2.29. The van der Waals surface area contributed by atoms with Crippen LogP contribution in [-0.2, 0) is 6.42 Å². The molecule has 1 atom stereocenters. The summed E-state index contributed by atoms with van der Waals surface area (Å²) in [5, 5.41) is 3.70. The Hall–Kier alpha value is -2.31. The molecule has 1 aliphatic rings. The minimum Gasteiger partial charge on any atom is -0.334 e. The van der Waals surface area contributed by atoms with Crippen molar-refractivity contribution >= 4 is 5.91 Å². The van der Waals surface area contributed by atoms with Crippen LogP contribution in [-0.4, -0.2) is 38.2 Å². The van der Waals surface area contributed by atoms with Gasteiger partial charge < -0.3 is 4.90 Å². The Kier molecular flexibility index (Phi) is 5.17. The number of aryl methyl sites for hydroxylation is 1. The Morgan fingerprint density at radius 3 is 2.88 bits per heavy atom. The van der Waals surface area contributed by atoms with E-state index in [1.54, 1.807) is 11.1 Å². The molecule has 1 saturated heterocycles. The summed E-state index contributed by atoms with van der Waals surface area (Å²) in [6.45, 7) is -2.08. The van der Waals surface area contributed by atoms with Crippen LogP contribution in [0.4, 0.5) is 8.78 Å². The maximum Gasteiger partial charge on any atom is 0.333 e. The number of hydrogen-bond acceptors (Lipinski definition) is 3. The number of pyridine rings is 1. The van der Waals surface area contributed by atoms with E-state index < -0.39 is 6.55 Å². The van der Waals surface area contributed by atoms with Crippen molar-refractivity contribution in [2.24, 2.45) is 0 Å². The smallest absolute Gasteiger partial charge is 0.333 e. The summed E-state index contributed by atoms with van der Waals surface area (Å²) in [4.78, 5) is 18.7. The molecule has 3 heterocycles. The number of nitrogens with zero attached hydrogens (tertiary/aromatic N) is 4. The number of alkyl halides is 2. The lowest BCUT2D eigenvalue weighted by molar-refractivity contribution is 0.0524. The largest absolute Gasteiger partial charge is 0.334 e. The topological polar surface area (TPSA) is 51.0 Å². The van der Waals surface area contributed by atoms with E-state index in [9.17, 15) is 13.6 Å². The van der Waals surface area contributed by atoms with Crippen molar-refractivity contribution in [2.75, 3.05) is 6.54 Å². The number of rotatable bonds is 5. The Morgan fingerprint density at radius 1 is 1.29 bits per heavy atom. The molecule has 1 aliphatic heterocycles. The first kappa shape index (κ1) is 16.5. The lowest BCUT2D eigenvalue weighted by Crippen LogP contribution is -2.44. The SMILES string of the molecule is O=C(c1ccn(C(F)F)n1)N1CCCC[C@H]1CCc1ccccn1. The second kappa shape index (κ2) is 7.51. The van der Waals surface area contributed by atoms with E-state index in [-0.39, 0.29) is 17.6 Å². The first-order chi connectivity index (χ1) is 11.6. The van der Waals surface area contributed by atoms with Gasteiger partial charge in [0.1, 0.15) is 0 Å². The number of hydrogen-bond donors (Lipinski definition) is 0. The van der Waals surface area contributed by atoms with Crippen LogP contribution in [0.3, 0.4) is 0 Å². The summed E-state index contributed by atoms with van der Waals surface area (Å²) in [6.07, 6.45) is 7.44. The van der Waals surface area contributed by atoms with Crippen molar-refractivity contribution in [3.8, 4) is 0 Å². The summed E-state index contributed by atoms with van der Waals surface area (Å²) < 4.78 is 25.8. The predicted molar refractivity (Wildman–Crippen MR) is 84.7 cm³/mol. The average molecular weight is 334 g/mol. The number of piperidine rings is 1. The molecule has 0 saturated carbocycles. The van der Waals surface area contributed by atoms with E-state index in [1.165, 1.54) is 6.07 Å². The summed E-state index contributed by atoms with van der Waals surface area (Å²) >= 11 is 0. The first-order valence-electron chi connectivity index (χ1n) is 8.19. The summed E-state index contributed by atoms with van der Waals surface area (Å²) in [5.74, 6) is -0.264. The zero-order chi connectivity index (χ0) is 16.9. The Labute approximate surface area is 139 Å². The van der Waals surface area contributed by atoms with Crippen LogP contribution in [0.15, 0.2) is 36.7 Å². The van der Waals surface area contributed by atoms with Crippen molar-refractivity contribution < 1.29 is 13.6 Å². The molecule has 0 N–H and O–H groups in total. The number of carbonyl (C=O) groups is 1. The summed E-state index contributed by atoms with van der Waals surface area (Å²) in [6, 6.07) is 7.26. The second-order valence-corrected chi connectivity index (χ2v) is 5.97. The van der Waals surface area contributed by atoms with Gasteiger partial charge in [-0.3, -0.25) is 9.78 Å². The molecule has 128 valence electrons. The van der Waals surface area contributed by atoms with Gasteiger partial charge in [-0.05, 0) is 50.3 Å². The quantitative estimate of drug-likeness (QED) is 0.843. The molecule has 0 aromatic carbocycles. The molecule has 1 fully saturated rings. The fourth-order valence-corrected chi connectivity index (χ4v) is 3.14. The molecule has 0 spiro atoms. The summed E-state index contributed by atoms with van der Waals surface area (Å²) in [7, 11) is 0. The number of halogens is 2. The van der Waals surface area contributed by atoms with Gasteiger partial charge in [0.05, 0.1) is 0 Å². The monoisotopic (exact) mass is 334 g/mol. The van der Waals surface area contributed by atoms with Gasteiger partial charge >= 0.3 is 6.55 Å². The normalized spacial score (nSPS) is 18.1. The molecule has 2 aromatic rings. The first-order valence-corrected chi connectivity index (χ1v) is 8.19. The van der Waals surface area contributed by atoms with Crippen LogP contribution in [0.2, 0.25) is 0 Å². The molecular formula is C17H20F2N4O. The molecule has 0 bridgehead atoms. The molecule has 24 heavy (non-hydrogen) atoms. The van der Waals surface area contributed by atoms with Crippen LogP contribution in [0.5, 0.6) is 0 Å². The number of amides is 1. The molecule has 7 heteroatoms. The van der Waals surface area contributed by atoms with Crippen molar-refractivity contribution in [3.05, 3.63) is 48.0 Å². The molecule has 0 radical (unpaired) electrons. The Balaban J connectivity index is 1.67. The number of likely N-dealkylation sites (tertiary alicyclic amines) is 1. The standard InChI is InChI=1S/C17H20F2N4O/c18-17(19)23-12-9-15(21-23)16(24)22-11-4-2-6-14(22)8-7-13-5-1-3-10-20-13/h1,3,5,9-10,12,14,17H,2,4,6-8,11H2/t14-/m0/s1. The lowest BCUT2D eigenvalue weighted by atomic mass is 9.96. The van der Waals surface area contributed by atoms with Gasteiger partial charge in [0.15, 0.2) is 5.69 Å². The van der Waals surface area contributed by atoms with E-state index in [0.29, 0.717) is 11.2 Å². The van der Waals surface area contributed by atoms with Gasteiger partial charge in [0.2, 0.25) is 0 Å². The van der Waals surface area contributed by atoms with Crippen molar-refractivity contribution in [2.45, 2.75) is 44.7 Å². The highest BCUT2D eigenvalue weighted by molar-refractivity contribution is 5.92. The Morgan fingerprint density at radius 2 is 2.17 bits per heavy atom. The van der Waals surface area contributed by atoms with Crippen LogP contribution < -0.4 is 0 Å². The number of carbonyl (C=O) groups excluding carboxylic acids is 1. The molecule has 0 unspecified atom stereocenters. The zero-order valence-electron chi connectivity index (χ0n) is 13.3. The van der Waals surface area contributed by atoms with Crippen LogP contribution in [0, 0.1) is 0 Å². The van der Waals surface area contributed by atoms with Crippen molar-refractivity contribution in [3.63, 3.8) is 0 Å². The van der Waals surface area contributed by atoms with Crippen LogP contribution in [0.25, 0.3) is 0 Å². The number of aromatic nitrogens is 3. The van der Waals surface area contributed by atoms with E-state index >= 15 is 0 Å². The fourth-order valence-electron chi connectivity index (χ4n) is 3.14. The maximum absolute atomic E-state index is 12.6. The molecule has 1 amide bonds. The minimum atomic E-state index is -2.73. The lowest BCUT2D eigenvalue weighted by Gasteiger charge is -2.35. The third kappa shape index (κ3) is 3.77. The molecule has 5 nitrogen and oxygen atoms in total. The zero-order valence-corrected chi connectivity index (χ0v) is 13.3. The van der Waals surface area contributed by atoms with Gasteiger partial charge in [0, 0.05) is 30.7 Å². The fraction of sp³-hybridized carbons (Fsp3) is 0.471. The highest BCUT2D eigenvalue weighted by Crippen LogP contribution is 2.23. The molecule has 3 rings (SSSR count). The van der Waals surface area contributed by atoms with Gasteiger partial charge in [0.25, 0.3) is 5.91 Å². The van der Waals surface area contributed by atoms with Crippen molar-refractivity contribution in [1.29, 1.82) is 0 Å². The van der Waals surface area contributed by atoms with Crippen molar-refractivity contribution in [1.82, 2.24) is 19.7 Å². The van der Waals surface area contributed by atoms with Gasteiger partial charge in [-0.1, -0.05) is 6.07 Å². The van der Waals surface area contributed by atoms with E-state index in [2.05, 4.69) is 10.1 Å². The van der Waals surface area contributed by atoms with Gasteiger partial charge in [-0.15, -0.1) is 0 Å². The van der Waals surface area contributed by atoms with Crippen LogP contribution in [0.1, 0.15) is 48.4 Å². The predicted octanol–water partition coefficient (Wildman–Crippen LogP) is 3.30. The second-order valence-electron chi connectivity index (χ2n) is 5.97. The van der Waals surface area contributed by atoms with E-state index in [1.807, 2.05) is 18.2 Å². The van der Waals surface area contributed by atoms with Gasteiger partial charge in [-0.2, -0.15) is 13.9 Å². The minimum absolute atomic E-state index is 0.0834. The van der Waals surface area contributed by atoms with E-state index in [0.717, 1.165) is 44.0 Å². The third-order valence-corrected chi connectivity index (χ3v) is 4.38. The molecular weight excluding hydrogens is 314 g/mol. The van der Waals surface area contributed by atoms with Gasteiger partial charge in [-0.25, -0.2) is 4.68 Å². The summed E-state index contributed by atoms with van der Waals surface area (Å²) in [5.41, 5.74) is 1.08. The highest BCUT2D eigenvalue weighted by atomic mass is 19.3. The third-order valence-electron chi connectivity index (χ3n) is 4.38. The average Bonchev–Trinajstić information content (AvgIpc) is 3.11. The maximum atomic E-state index is 12.6. The Bertz CT molecular complexity index is 674. The van der Waals surface area contributed by atoms with Crippen LogP contribution >= 0.6 is 0 Å². The molecule has 2 aromatic heterocycles. The molecule has 0 aliphatic carbocycles. The van der Waals surface area contributed by atoms with E-state index in [4.69, 9.17) is 0 Å².